The molecule has 0 saturated carbocycles. The maximum Gasteiger partial charge on any atom is 0.251 e. The van der Waals surface area contributed by atoms with Crippen LogP contribution < -0.4 is 25.8 Å². The number of thiazole rings is 1. The molecule has 0 spiro atoms. The van der Waals surface area contributed by atoms with Gasteiger partial charge in [-0.2, -0.15) is 0 Å². The summed E-state index contributed by atoms with van der Waals surface area (Å²) in [4.78, 5) is 66.8. The van der Waals surface area contributed by atoms with Crippen molar-refractivity contribution in [2.75, 3.05) is 51.0 Å². The summed E-state index contributed by atoms with van der Waals surface area (Å²) < 4.78 is 17.6. The average Bonchev–Trinajstić information content (AvgIpc) is 4.00. The minimum atomic E-state index is -0.852. The third kappa shape index (κ3) is 14.2. The van der Waals surface area contributed by atoms with E-state index >= 15 is 0 Å². The number of hydrogen-bond donors (Lipinski definition) is 4. The summed E-state index contributed by atoms with van der Waals surface area (Å²) >= 11 is 1.61. The molecule has 3 atom stereocenters. The highest BCUT2D eigenvalue weighted by molar-refractivity contribution is 7.13. The van der Waals surface area contributed by atoms with Gasteiger partial charge in [0.15, 0.2) is 5.78 Å². The number of H-pyrrole nitrogens is 1. The fourth-order valence-corrected chi connectivity index (χ4v) is 10.9. The second-order valence-electron chi connectivity index (χ2n) is 20.9. The predicted molar refractivity (Wildman–Crippen MR) is 294 cm³/mol. The van der Waals surface area contributed by atoms with Gasteiger partial charge in [-0.3, -0.25) is 19.2 Å². The maximum atomic E-state index is 14.2. The fraction of sp³-hybridized carbons (Fsp3) is 0.475. The Balaban J connectivity index is 0.888. The third-order valence-electron chi connectivity index (χ3n) is 14.3. The van der Waals surface area contributed by atoms with Crippen LogP contribution in [0.3, 0.4) is 0 Å². The largest absolute Gasteiger partial charge is 0.494 e. The number of nitrogens with zero attached hydrogens (tertiary/aromatic N) is 3. The standard InChI is InChI=1S/C59H76N6O8S/c1-10-64(46-23-27-71-28-24-46)51-31-45(30-50(39(51)4)53(67)22-21-49-37(2)29-38(3)62-57(49)69)43-17-19-48(20-18-43)73-26-12-11-25-72-35-54(68)63-56(59(7,8)9)58(70)65-34-47(66)32-52(65)40(5)60-33-42-13-15-44(16-14-42)55-41(6)61-36-74-55/h13-20,29-31,36,46-47,52,56,60,66H,5,10-12,21-28,32-35H2,1-4,6-9H3,(H,62,69)(H,63,68)/t47-,52+,56-/m1/s1. The van der Waals surface area contributed by atoms with E-state index in [0.717, 1.165) is 74.7 Å². The van der Waals surface area contributed by atoms with Crippen LogP contribution in [0.1, 0.15) is 110 Å². The van der Waals surface area contributed by atoms with Gasteiger partial charge in [-0.1, -0.05) is 63.7 Å². The molecule has 2 saturated heterocycles. The molecule has 74 heavy (non-hydrogen) atoms. The molecule has 5 aromatic rings. The van der Waals surface area contributed by atoms with E-state index in [4.69, 9.17) is 14.2 Å². The van der Waals surface area contributed by atoms with Gasteiger partial charge in [0.1, 0.15) is 18.4 Å². The van der Waals surface area contributed by atoms with E-state index in [1.807, 2.05) is 90.4 Å². The Morgan fingerprint density at radius 1 is 0.973 bits per heavy atom. The molecule has 2 fully saturated rings. The Morgan fingerprint density at radius 3 is 2.34 bits per heavy atom. The van der Waals surface area contributed by atoms with Crippen molar-refractivity contribution >= 4 is 34.6 Å². The zero-order valence-corrected chi connectivity index (χ0v) is 45.4. The first-order chi connectivity index (χ1) is 35.4. The number of aliphatic hydroxyl groups is 1. The highest BCUT2D eigenvalue weighted by Crippen LogP contribution is 2.36. The molecule has 4 N–H and O–H groups in total. The first kappa shape index (κ1) is 55.6. The van der Waals surface area contributed by atoms with Crippen molar-refractivity contribution in [3.8, 4) is 27.3 Å². The second-order valence-corrected chi connectivity index (χ2v) is 21.8. The van der Waals surface area contributed by atoms with Crippen molar-refractivity contribution in [1.82, 2.24) is 25.5 Å². The molecule has 7 rings (SSSR count). The number of rotatable bonds is 23. The van der Waals surface area contributed by atoms with Crippen molar-refractivity contribution in [2.24, 2.45) is 5.41 Å². The molecule has 15 heteroatoms. The highest BCUT2D eigenvalue weighted by Gasteiger charge is 2.43. The van der Waals surface area contributed by atoms with Gasteiger partial charge >= 0.3 is 0 Å². The Morgan fingerprint density at radius 2 is 1.68 bits per heavy atom. The number of aromatic amines is 1. The van der Waals surface area contributed by atoms with Crippen molar-refractivity contribution in [3.05, 3.63) is 134 Å². The van der Waals surface area contributed by atoms with E-state index in [1.165, 1.54) is 0 Å². The second kappa shape index (κ2) is 25.4. The summed E-state index contributed by atoms with van der Waals surface area (Å²) in [6.07, 6.45) is 3.40. The average molecular weight is 1030 g/mol. The first-order valence-corrected chi connectivity index (χ1v) is 27.0. The molecular formula is C59H76N6O8S. The number of amides is 2. The molecule has 396 valence electrons. The Bertz CT molecular complexity index is 2790. The first-order valence-electron chi connectivity index (χ1n) is 26.1. The summed E-state index contributed by atoms with van der Waals surface area (Å²) in [6, 6.07) is 21.3. The van der Waals surface area contributed by atoms with Crippen molar-refractivity contribution in [2.45, 2.75) is 131 Å². The van der Waals surface area contributed by atoms with Crippen LogP contribution in [-0.4, -0.2) is 108 Å². The van der Waals surface area contributed by atoms with E-state index in [1.54, 1.807) is 16.2 Å². The predicted octanol–water partition coefficient (Wildman–Crippen LogP) is 9.19. The van der Waals surface area contributed by atoms with Crippen LogP contribution in [0.5, 0.6) is 5.75 Å². The van der Waals surface area contributed by atoms with Gasteiger partial charge in [-0.15, -0.1) is 11.3 Å². The number of β-amino-alcohol motifs (C(OH)–C–C–N with tert-alkyl or cyclic N) is 1. The number of aliphatic hydroxyl groups excluding tert-OH is 1. The molecule has 0 aliphatic carbocycles. The lowest BCUT2D eigenvalue weighted by Crippen LogP contribution is -2.57. The number of Topliss-reactive ketones (excluding diaryl/α,β-unsaturated/α-hetero) is 1. The molecule has 0 radical (unpaired) electrons. The molecule has 2 aliphatic rings. The van der Waals surface area contributed by atoms with E-state index in [2.05, 4.69) is 69.3 Å². The number of carbonyl (C=O) groups excluding carboxylic acids is 3. The minimum Gasteiger partial charge on any atom is -0.494 e. The Kier molecular flexibility index (Phi) is 19.1. The number of ether oxygens (including phenoxy) is 3. The normalized spacial score (nSPS) is 16.5. The number of unbranched alkanes of at least 4 members (excludes halogenated alkanes) is 1. The molecule has 4 heterocycles. The van der Waals surface area contributed by atoms with Gasteiger partial charge in [0.25, 0.3) is 5.56 Å². The quantitative estimate of drug-likeness (QED) is 0.0363. The van der Waals surface area contributed by atoms with Gasteiger partial charge in [-0.05, 0) is 136 Å². The van der Waals surface area contributed by atoms with E-state index in [9.17, 15) is 24.3 Å². The number of likely N-dealkylation sites (tertiary alicyclic amines) is 1. The van der Waals surface area contributed by atoms with E-state index in [-0.39, 0.29) is 36.8 Å². The van der Waals surface area contributed by atoms with E-state index in [0.29, 0.717) is 87.3 Å². The third-order valence-corrected chi connectivity index (χ3v) is 15.3. The van der Waals surface area contributed by atoms with Gasteiger partial charge < -0.3 is 44.7 Å². The molecule has 2 aromatic heterocycles. The fourth-order valence-electron chi connectivity index (χ4n) is 10.1. The van der Waals surface area contributed by atoms with Crippen molar-refractivity contribution in [3.63, 3.8) is 0 Å². The zero-order valence-electron chi connectivity index (χ0n) is 44.6. The lowest BCUT2D eigenvalue weighted by molar-refractivity contribution is -0.141. The molecule has 2 aliphatic heterocycles. The summed E-state index contributed by atoms with van der Waals surface area (Å²) in [7, 11) is 0. The van der Waals surface area contributed by atoms with Crippen LogP contribution >= 0.6 is 11.3 Å². The molecule has 14 nitrogen and oxygen atoms in total. The zero-order chi connectivity index (χ0) is 53.1. The van der Waals surface area contributed by atoms with Crippen molar-refractivity contribution in [1.29, 1.82) is 0 Å². The monoisotopic (exact) mass is 1030 g/mol. The summed E-state index contributed by atoms with van der Waals surface area (Å²) in [5.74, 6) is 0.0487. The lowest BCUT2D eigenvalue weighted by Gasteiger charge is -2.37. The number of ketones is 1. The molecular weight excluding hydrogens is 953 g/mol. The highest BCUT2D eigenvalue weighted by atomic mass is 32.1. The van der Waals surface area contributed by atoms with Crippen LogP contribution in [0.15, 0.2) is 89.3 Å². The number of aryl methyl sites for hydroxylation is 3. The van der Waals surface area contributed by atoms with Crippen LogP contribution in [0.2, 0.25) is 0 Å². The topological polar surface area (TPSA) is 175 Å². The van der Waals surface area contributed by atoms with Crippen molar-refractivity contribution < 1.29 is 33.7 Å². The van der Waals surface area contributed by atoms with Gasteiger partial charge in [-0.25, -0.2) is 4.98 Å². The van der Waals surface area contributed by atoms with Crippen LogP contribution in [-0.2, 0) is 32.0 Å². The number of hydrogen-bond acceptors (Lipinski definition) is 12. The number of carbonyl (C=O) groups is 3. The molecule has 0 bridgehead atoms. The van der Waals surface area contributed by atoms with Gasteiger partial charge in [0, 0.05) is 86.5 Å². The summed E-state index contributed by atoms with van der Waals surface area (Å²) in [6.45, 7) is 23.4. The Hall–Kier alpha value is -6.13. The van der Waals surface area contributed by atoms with E-state index < -0.39 is 29.5 Å². The minimum absolute atomic E-state index is 0.00242. The number of pyridine rings is 1. The van der Waals surface area contributed by atoms with Crippen LogP contribution in [0.4, 0.5) is 5.69 Å². The number of anilines is 1. The maximum absolute atomic E-state index is 14.2. The summed E-state index contributed by atoms with van der Waals surface area (Å²) in [5, 5.41) is 17.0. The van der Waals surface area contributed by atoms with Crippen LogP contribution in [0.25, 0.3) is 21.6 Å². The molecule has 3 aromatic carbocycles. The molecule has 0 unspecified atom stereocenters. The van der Waals surface area contributed by atoms with Gasteiger partial charge in [0.2, 0.25) is 11.8 Å². The SMILES string of the molecule is C=C(NCc1ccc(-c2scnc2C)cc1)[C@@H]1C[C@@H](O)CN1C(=O)[C@@H](NC(=O)COCCCCOc1ccc(-c2cc(C(=O)CCc3c(C)cc(C)[nH]c3=O)c(C)c(N(CC)C3CCOCC3)c2)cc1)C(C)(C)C. The smallest absolute Gasteiger partial charge is 0.251 e. The van der Waals surface area contributed by atoms with Gasteiger partial charge in [0.05, 0.1) is 34.8 Å². The molecule has 2 amide bonds. The summed E-state index contributed by atoms with van der Waals surface area (Å²) in [5.41, 5.74) is 11.8. The Labute approximate surface area is 440 Å². The lowest BCUT2D eigenvalue weighted by atomic mass is 9.85. The number of nitrogens with one attached hydrogen (secondary N) is 3. The number of aromatic nitrogens is 2. The van der Waals surface area contributed by atoms with Crippen LogP contribution in [0, 0.1) is 33.1 Å². The number of benzene rings is 3.